The van der Waals surface area contributed by atoms with Crippen molar-refractivity contribution in [1.29, 1.82) is 0 Å². The molecule has 1 aromatic carbocycles. The van der Waals surface area contributed by atoms with Gasteiger partial charge in [-0.05, 0) is 30.2 Å². The molecule has 96 valence electrons. The minimum Gasteiger partial charge on any atom is -0.378 e. The number of rotatable bonds is 4. The molecule has 0 radical (unpaired) electrons. The number of halogens is 2. The van der Waals surface area contributed by atoms with Crippen LogP contribution in [-0.4, -0.2) is 9.78 Å². The Hall–Kier alpha value is -1.19. The summed E-state index contributed by atoms with van der Waals surface area (Å²) in [7, 11) is 1.92. The van der Waals surface area contributed by atoms with Crippen LogP contribution in [0.25, 0.3) is 0 Å². The van der Waals surface area contributed by atoms with E-state index in [9.17, 15) is 0 Å². The minimum absolute atomic E-state index is 0.654. The van der Waals surface area contributed by atoms with Gasteiger partial charge in [-0.25, -0.2) is 0 Å². The number of anilines is 1. The highest BCUT2D eigenvalue weighted by Crippen LogP contribution is 2.21. The number of aromatic nitrogens is 2. The van der Waals surface area contributed by atoms with Crippen LogP contribution < -0.4 is 5.32 Å². The molecule has 1 aromatic heterocycles. The fraction of sp³-hybridized carbons (Fsp3) is 0.308. The first-order valence-corrected chi connectivity index (χ1v) is 6.55. The van der Waals surface area contributed by atoms with Crippen molar-refractivity contribution in [2.75, 3.05) is 5.32 Å². The van der Waals surface area contributed by atoms with Gasteiger partial charge in [-0.3, -0.25) is 4.68 Å². The molecule has 3 nitrogen and oxygen atoms in total. The third kappa shape index (κ3) is 3.18. The zero-order chi connectivity index (χ0) is 13.1. The van der Waals surface area contributed by atoms with Crippen molar-refractivity contribution < 1.29 is 0 Å². The van der Waals surface area contributed by atoms with Crippen LogP contribution in [0.3, 0.4) is 0 Å². The van der Waals surface area contributed by atoms with Gasteiger partial charge in [0.1, 0.15) is 0 Å². The van der Waals surface area contributed by atoms with E-state index in [0.717, 1.165) is 23.4 Å². The summed E-state index contributed by atoms with van der Waals surface area (Å²) in [4.78, 5) is 0. The Labute approximate surface area is 117 Å². The van der Waals surface area contributed by atoms with Crippen LogP contribution in [0.2, 0.25) is 10.0 Å². The van der Waals surface area contributed by atoms with Gasteiger partial charge in [-0.15, -0.1) is 0 Å². The maximum absolute atomic E-state index is 5.97. The SMILES string of the molecule is CCc1nn(C)cc1NCc1cc(Cl)cc(Cl)c1. The van der Waals surface area contributed by atoms with Crippen molar-refractivity contribution in [2.45, 2.75) is 19.9 Å². The van der Waals surface area contributed by atoms with E-state index in [-0.39, 0.29) is 0 Å². The summed E-state index contributed by atoms with van der Waals surface area (Å²) < 4.78 is 1.81. The maximum Gasteiger partial charge on any atom is 0.0853 e. The molecule has 1 heterocycles. The van der Waals surface area contributed by atoms with Crippen molar-refractivity contribution >= 4 is 28.9 Å². The Kier molecular flexibility index (Phi) is 4.15. The van der Waals surface area contributed by atoms with Gasteiger partial charge in [0.2, 0.25) is 0 Å². The summed E-state index contributed by atoms with van der Waals surface area (Å²) in [5, 5.41) is 9.04. The molecule has 0 unspecified atom stereocenters. The lowest BCUT2D eigenvalue weighted by molar-refractivity contribution is 0.746. The second kappa shape index (κ2) is 5.63. The van der Waals surface area contributed by atoms with Crippen molar-refractivity contribution in [3.05, 3.63) is 45.7 Å². The number of nitrogens with zero attached hydrogens (tertiary/aromatic N) is 2. The van der Waals surface area contributed by atoms with Crippen LogP contribution >= 0.6 is 23.2 Å². The molecule has 0 atom stereocenters. The molecule has 1 N–H and O–H groups in total. The van der Waals surface area contributed by atoms with Gasteiger partial charge < -0.3 is 5.32 Å². The monoisotopic (exact) mass is 283 g/mol. The predicted octanol–water partition coefficient (Wildman–Crippen LogP) is 3.90. The van der Waals surface area contributed by atoms with Crippen LogP contribution in [0.15, 0.2) is 24.4 Å². The minimum atomic E-state index is 0.654. The molecule has 0 amide bonds. The summed E-state index contributed by atoms with van der Waals surface area (Å²) in [6.45, 7) is 2.77. The number of aryl methyl sites for hydroxylation is 2. The summed E-state index contributed by atoms with van der Waals surface area (Å²) >= 11 is 11.9. The third-order valence-electron chi connectivity index (χ3n) is 2.65. The molecule has 0 saturated carbocycles. The number of hydrogen-bond donors (Lipinski definition) is 1. The van der Waals surface area contributed by atoms with Gasteiger partial charge in [-0.1, -0.05) is 30.1 Å². The molecular weight excluding hydrogens is 269 g/mol. The summed E-state index contributed by atoms with van der Waals surface area (Å²) in [5.41, 5.74) is 3.17. The average Bonchev–Trinajstić information content (AvgIpc) is 2.66. The zero-order valence-electron chi connectivity index (χ0n) is 10.4. The van der Waals surface area contributed by atoms with Crippen LogP contribution in [0.1, 0.15) is 18.2 Å². The number of hydrogen-bond acceptors (Lipinski definition) is 2. The molecule has 0 aliphatic rings. The van der Waals surface area contributed by atoms with Gasteiger partial charge in [-0.2, -0.15) is 5.10 Å². The molecule has 0 fully saturated rings. The van der Waals surface area contributed by atoms with E-state index >= 15 is 0 Å². The van der Waals surface area contributed by atoms with E-state index < -0.39 is 0 Å². The summed E-state index contributed by atoms with van der Waals surface area (Å²) in [6, 6.07) is 5.54. The maximum atomic E-state index is 5.97. The molecule has 18 heavy (non-hydrogen) atoms. The fourth-order valence-electron chi connectivity index (χ4n) is 1.85. The quantitative estimate of drug-likeness (QED) is 0.922. The van der Waals surface area contributed by atoms with E-state index in [4.69, 9.17) is 23.2 Å². The third-order valence-corrected chi connectivity index (χ3v) is 3.08. The van der Waals surface area contributed by atoms with E-state index in [1.54, 1.807) is 6.07 Å². The fourth-order valence-corrected chi connectivity index (χ4v) is 2.42. The first-order chi connectivity index (χ1) is 8.58. The Morgan fingerprint density at radius 3 is 2.50 bits per heavy atom. The lowest BCUT2D eigenvalue weighted by atomic mass is 10.2. The van der Waals surface area contributed by atoms with E-state index in [1.165, 1.54) is 0 Å². The predicted molar refractivity (Wildman–Crippen MR) is 76.4 cm³/mol. The van der Waals surface area contributed by atoms with Crippen LogP contribution in [0.4, 0.5) is 5.69 Å². The second-order valence-corrected chi connectivity index (χ2v) is 5.02. The smallest absolute Gasteiger partial charge is 0.0853 e. The van der Waals surface area contributed by atoms with Crippen LogP contribution in [0.5, 0.6) is 0 Å². The van der Waals surface area contributed by atoms with Gasteiger partial charge in [0.05, 0.1) is 11.4 Å². The normalized spacial score (nSPS) is 10.7. The molecule has 0 saturated heterocycles. The highest BCUT2D eigenvalue weighted by atomic mass is 35.5. The Bertz CT molecular complexity index is 529. The molecule has 2 rings (SSSR count). The Morgan fingerprint density at radius 2 is 1.89 bits per heavy atom. The van der Waals surface area contributed by atoms with Gasteiger partial charge >= 0.3 is 0 Å². The van der Waals surface area contributed by atoms with E-state index in [0.29, 0.717) is 16.6 Å². The largest absolute Gasteiger partial charge is 0.378 e. The summed E-state index contributed by atoms with van der Waals surface area (Å²) in [5.74, 6) is 0. The van der Waals surface area contributed by atoms with Gasteiger partial charge in [0.25, 0.3) is 0 Å². The highest BCUT2D eigenvalue weighted by Gasteiger charge is 2.05. The first-order valence-electron chi connectivity index (χ1n) is 5.80. The summed E-state index contributed by atoms with van der Waals surface area (Å²) in [6.07, 6.45) is 2.88. The second-order valence-electron chi connectivity index (χ2n) is 4.15. The highest BCUT2D eigenvalue weighted by molar-refractivity contribution is 6.34. The lowest BCUT2D eigenvalue weighted by Gasteiger charge is -2.06. The van der Waals surface area contributed by atoms with E-state index in [2.05, 4.69) is 17.3 Å². The van der Waals surface area contributed by atoms with Gasteiger partial charge in [0.15, 0.2) is 0 Å². The molecule has 0 spiro atoms. The molecule has 0 aliphatic carbocycles. The van der Waals surface area contributed by atoms with Gasteiger partial charge in [0, 0.05) is 29.8 Å². The molecule has 5 heteroatoms. The zero-order valence-corrected chi connectivity index (χ0v) is 11.9. The average molecular weight is 284 g/mol. The van der Waals surface area contributed by atoms with Crippen molar-refractivity contribution in [3.63, 3.8) is 0 Å². The van der Waals surface area contributed by atoms with Crippen LogP contribution in [0, 0.1) is 0 Å². The topological polar surface area (TPSA) is 29.9 Å². The molecule has 0 aliphatic heterocycles. The Balaban J connectivity index is 2.11. The van der Waals surface area contributed by atoms with Crippen LogP contribution in [-0.2, 0) is 20.0 Å². The number of benzene rings is 1. The standard InChI is InChI=1S/C13H15Cl2N3/c1-3-12-13(8-18(2)17-12)16-7-9-4-10(14)6-11(15)5-9/h4-6,8,16H,3,7H2,1-2H3. The Morgan fingerprint density at radius 1 is 1.22 bits per heavy atom. The first kappa shape index (κ1) is 13.2. The number of nitrogens with one attached hydrogen (secondary N) is 1. The van der Waals surface area contributed by atoms with E-state index in [1.807, 2.05) is 30.1 Å². The van der Waals surface area contributed by atoms with Crippen molar-refractivity contribution in [1.82, 2.24) is 9.78 Å². The molecule has 0 bridgehead atoms. The lowest BCUT2D eigenvalue weighted by Crippen LogP contribution is -2.00. The van der Waals surface area contributed by atoms with Crippen molar-refractivity contribution in [3.8, 4) is 0 Å². The van der Waals surface area contributed by atoms with Crippen molar-refractivity contribution in [2.24, 2.45) is 7.05 Å². The molecule has 2 aromatic rings. The molecular formula is C13H15Cl2N3.